The van der Waals surface area contributed by atoms with Crippen molar-refractivity contribution < 1.29 is 14.6 Å². The number of hydrogen-bond donors (Lipinski definition) is 2. The smallest absolute Gasteiger partial charge is 0.342 e. The maximum Gasteiger partial charge on any atom is 0.342 e. The summed E-state index contributed by atoms with van der Waals surface area (Å²) >= 11 is 7.13. The van der Waals surface area contributed by atoms with E-state index in [1.165, 1.54) is 7.11 Å². The number of hydrogen-bond acceptors (Lipinski definition) is 4. The van der Waals surface area contributed by atoms with Crippen LogP contribution < -0.4 is 4.74 Å². The van der Waals surface area contributed by atoms with E-state index in [0.717, 1.165) is 22.8 Å². The average Bonchev–Trinajstić information content (AvgIpc) is 2.96. The molecular formula is C17H13ClN2O3S. The molecule has 0 unspecified atom stereocenters. The lowest BCUT2D eigenvalue weighted by Crippen LogP contribution is -1.97. The zero-order chi connectivity index (χ0) is 17.1. The number of thioether (sulfide) groups is 1. The molecule has 122 valence electrons. The Labute approximate surface area is 147 Å². The summed E-state index contributed by atoms with van der Waals surface area (Å²) in [6.07, 6.45) is 1.55. The number of halogens is 1. The first-order valence-electron chi connectivity index (χ1n) is 6.98. The van der Waals surface area contributed by atoms with Gasteiger partial charge in [-0.3, -0.25) is 0 Å². The molecule has 1 heterocycles. The van der Waals surface area contributed by atoms with Gasteiger partial charge in [-0.2, -0.15) is 0 Å². The molecule has 0 fully saturated rings. The molecule has 0 bridgehead atoms. The lowest BCUT2D eigenvalue weighted by atomic mass is 10.2. The second kappa shape index (κ2) is 6.98. The SMILES string of the molecule is COc1ccc(/C=C(/Sc2nc3ccccc3[nH]2)C(=O)O)cc1Cl. The number of carboxylic acids is 1. The lowest BCUT2D eigenvalue weighted by molar-refractivity contribution is -0.131. The number of nitrogens with zero attached hydrogens (tertiary/aromatic N) is 1. The monoisotopic (exact) mass is 360 g/mol. The van der Waals surface area contributed by atoms with E-state index in [9.17, 15) is 9.90 Å². The van der Waals surface area contributed by atoms with Crippen LogP contribution in [0.3, 0.4) is 0 Å². The Balaban J connectivity index is 1.91. The first kappa shape index (κ1) is 16.4. The number of rotatable bonds is 5. The molecule has 7 heteroatoms. The number of carbonyl (C=O) groups is 1. The molecule has 2 aromatic carbocycles. The van der Waals surface area contributed by atoms with Gasteiger partial charge in [0.2, 0.25) is 0 Å². The van der Waals surface area contributed by atoms with Gasteiger partial charge in [0.05, 0.1) is 23.2 Å². The van der Waals surface area contributed by atoms with Crippen molar-refractivity contribution in [1.29, 1.82) is 0 Å². The van der Waals surface area contributed by atoms with E-state index in [1.54, 1.807) is 24.3 Å². The van der Waals surface area contributed by atoms with Gasteiger partial charge in [-0.25, -0.2) is 9.78 Å². The number of benzene rings is 2. The van der Waals surface area contributed by atoms with Gasteiger partial charge < -0.3 is 14.8 Å². The standard InChI is InChI=1S/C17H13ClN2O3S/c1-23-14-7-6-10(8-11(14)18)9-15(16(21)22)24-17-19-12-4-2-3-5-13(12)20-17/h2-9H,1H3,(H,19,20)(H,21,22)/b15-9+. The van der Waals surface area contributed by atoms with Crippen LogP contribution in [0.4, 0.5) is 0 Å². The van der Waals surface area contributed by atoms with E-state index in [2.05, 4.69) is 9.97 Å². The summed E-state index contributed by atoms with van der Waals surface area (Å²) < 4.78 is 5.09. The summed E-state index contributed by atoms with van der Waals surface area (Å²) in [5, 5.41) is 10.4. The molecule has 0 aliphatic rings. The van der Waals surface area contributed by atoms with E-state index in [4.69, 9.17) is 16.3 Å². The van der Waals surface area contributed by atoms with E-state index in [0.29, 0.717) is 21.5 Å². The predicted molar refractivity (Wildman–Crippen MR) is 95.6 cm³/mol. The van der Waals surface area contributed by atoms with Crippen LogP contribution in [0.1, 0.15) is 5.56 Å². The zero-order valence-corrected chi connectivity index (χ0v) is 14.2. The van der Waals surface area contributed by atoms with Gasteiger partial charge in [-0.1, -0.05) is 29.8 Å². The Hall–Kier alpha value is -2.44. The fourth-order valence-electron chi connectivity index (χ4n) is 2.14. The van der Waals surface area contributed by atoms with Crippen LogP contribution in [-0.2, 0) is 4.79 Å². The molecule has 24 heavy (non-hydrogen) atoms. The maximum atomic E-state index is 11.5. The number of nitrogens with one attached hydrogen (secondary N) is 1. The highest BCUT2D eigenvalue weighted by molar-refractivity contribution is 8.04. The number of imidazole rings is 1. The molecule has 3 aromatic rings. The van der Waals surface area contributed by atoms with Crippen molar-refractivity contribution in [3.8, 4) is 5.75 Å². The summed E-state index contributed by atoms with van der Waals surface area (Å²) in [5.74, 6) is -0.497. The minimum atomic E-state index is -1.03. The third kappa shape index (κ3) is 3.55. The topological polar surface area (TPSA) is 75.2 Å². The number of ether oxygens (including phenoxy) is 1. The fourth-order valence-corrected chi connectivity index (χ4v) is 3.20. The zero-order valence-electron chi connectivity index (χ0n) is 12.6. The molecule has 0 atom stereocenters. The van der Waals surface area contributed by atoms with Crippen molar-refractivity contribution in [2.45, 2.75) is 5.16 Å². The summed E-state index contributed by atoms with van der Waals surface area (Å²) in [4.78, 5) is 19.2. The Morgan fingerprint density at radius 1 is 1.33 bits per heavy atom. The molecule has 0 radical (unpaired) electrons. The summed E-state index contributed by atoms with van der Waals surface area (Å²) in [6, 6.07) is 12.6. The Bertz CT molecular complexity index is 903. The van der Waals surface area contributed by atoms with Crippen molar-refractivity contribution >= 4 is 46.4 Å². The molecule has 0 spiro atoms. The predicted octanol–water partition coefficient (Wildman–Crippen LogP) is 4.44. The number of fused-ring (bicyclic) bond motifs is 1. The molecule has 5 nitrogen and oxygen atoms in total. The van der Waals surface area contributed by atoms with Crippen LogP contribution in [-0.4, -0.2) is 28.2 Å². The molecular weight excluding hydrogens is 348 g/mol. The van der Waals surface area contributed by atoms with Crippen molar-refractivity contribution in [3.05, 3.63) is 58.0 Å². The first-order valence-corrected chi connectivity index (χ1v) is 8.17. The minimum Gasteiger partial charge on any atom is -0.495 e. The van der Waals surface area contributed by atoms with Gasteiger partial charge in [-0.15, -0.1) is 0 Å². The molecule has 0 aliphatic heterocycles. The number of H-pyrrole nitrogens is 1. The quantitative estimate of drug-likeness (QED) is 0.519. The van der Waals surface area contributed by atoms with Crippen LogP contribution in [0, 0.1) is 0 Å². The number of carboxylic acid groups (broad SMARTS) is 1. The third-order valence-electron chi connectivity index (χ3n) is 3.26. The first-order chi connectivity index (χ1) is 11.6. The Morgan fingerprint density at radius 2 is 2.12 bits per heavy atom. The van der Waals surface area contributed by atoms with E-state index in [-0.39, 0.29) is 4.91 Å². The minimum absolute atomic E-state index is 0.135. The number of para-hydroxylation sites is 2. The van der Waals surface area contributed by atoms with Gasteiger partial charge in [0.25, 0.3) is 0 Å². The highest BCUT2D eigenvalue weighted by Gasteiger charge is 2.13. The number of aliphatic carboxylic acids is 1. The van der Waals surface area contributed by atoms with Crippen molar-refractivity contribution in [2.24, 2.45) is 0 Å². The molecule has 1 aromatic heterocycles. The molecule has 3 rings (SSSR count). The summed E-state index contributed by atoms with van der Waals surface area (Å²) in [7, 11) is 1.52. The molecule has 2 N–H and O–H groups in total. The van der Waals surface area contributed by atoms with Gasteiger partial charge in [0.1, 0.15) is 10.7 Å². The molecule has 0 saturated heterocycles. The second-order valence-corrected chi connectivity index (χ2v) is 6.31. The average molecular weight is 361 g/mol. The van der Waals surface area contributed by atoms with Crippen LogP contribution in [0.2, 0.25) is 5.02 Å². The normalized spacial score (nSPS) is 11.7. The Morgan fingerprint density at radius 3 is 2.79 bits per heavy atom. The van der Waals surface area contributed by atoms with Crippen LogP contribution in [0.15, 0.2) is 52.5 Å². The van der Waals surface area contributed by atoms with Crippen LogP contribution in [0.25, 0.3) is 17.1 Å². The van der Waals surface area contributed by atoms with Gasteiger partial charge >= 0.3 is 5.97 Å². The number of aromatic amines is 1. The van der Waals surface area contributed by atoms with Crippen molar-refractivity contribution in [1.82, 2.24) is 9.97 Å². The molecule has 0 amide bonds. The van der Waals surface area contributed by atoms with Gasteiger partial charge in [-0.05, 0) is 47.7 Å². The fraction of sp³-hybridized carbons (Fsp3) is 0.0588. The molecule has 0 saturated carbocycles. The van der Waals surface area contributed by atoms with Crippen molar-refractivity contribution in [2.75, 3.05) is 7.11 Å². The lowest BCUT2D eigenvalue weighted by Gasteiger charge is -2.04. The van der Waals surface area contributed by atoms with E-state index >= 15 is 0 Å². The van der Waals surface area contributed by atoms with Gasteiger partial charge in [0, 0.05) is 0 Å². The highest BCUT2D eigenvalue weighted by atomic mass is 35.5. The Kier molecular flexibility index (Phi) is 4.78. The van der Waals surface area contributed by atoms with E-state index in [1.807, 2.05) is 24.3 Å². The third-order valence-corrected chi connectivity index (χ3v) is 4.45. The summed E-state index contributed by atoms with van der Waals surface area (Å²) in [5.41, 5.74) is 2.32. The maximum absolute atomic E-state index is 11.5. The number of aromatic nitrogens is 2. The largest absolute Gasteiger partial charge is 0.495 e. The van der Waals surface area contributed by atoms with Crippen LogP contribution >= 0.6 is 23.4 Å². The van der Waals surface area contributed by atoms with Gasteiger partial charge in [0.15, 0.2) is 5.16 Å². The molecule has 0 aliphatic carbocycles. The summed E-state index contributed by atoms with van der Waals surface area (Å²) in [6.45, 7) is 0. The van der Waals surface area contributed by atoms with E-state index < -0.39 is 5.97 Å². The highest BCUT2D eigenvalue weighted by Crippen LogP contribution is 2.30. The van der Waals surface area contributed by atoms with Crippen molar-refractivity contribution in [3.63, 3.8) is 0 Å². The number of methoxy groups -OCH3 is 1. The van der Waals surface area contributed by atoms with Crippen LogP contribution in [0.5, 0.6) is 5.75 Å². The second-order valence-electron chi connectivity index (χ2n) is 4.87.